The van der Waals surface area contributed by atoms with Crippen LogP contribution in [0.2, 0.25) is 0 Å². The van der Waals surface area contributed by atoms with Gasteiger partial charge in [-0.25, -0.2) is 4.98 Å². The summed E-state index contributed by atoms with van der Waals surface area (Å²) in [6, 6.07) is 16.0. The van der Waals surface area contributed by atoms with Gasteiger partial charge in [0.15, 0.2) is 5.76 Å². The lowest BCUT2D eigenvalue weighted by atomic mass is 10.1. The SMILES string of the molecule is O=C(NCC(O)c1ccco1)c1cc(-c2ccco2)nc2ccccc12. The van der Waals surface area contributed by atoms with Crippen LogP contribution in [0.15, 0.2) is 76.0 Å². The number of benzene rings is 1. The van der Waals surface area contributed by atoms with E-state index in [9.17, 15) is 9.90 Å². The van der Waals surface area contributed by atoms with Crippen LogP contribution in [-0.2, 0) is 0 Å². The monoisotopic (exact) mass is 348 g/mol. The molecule has 0 radical (unpaired) electrons. The average molecular weight is 348 g/mol. The molecule has 0 saturated carbocycles. The van der Waals surface area contributed by atoms with Crippen LogP contribution in [0.1, 0.15) is 22.2 Å². The lowest BCUT2D eigenvalue weighted by Gasteiger charge is -2.12. The smallest absolute Gasteiger partial charge is 0.252 e. The third-order valence-electron chi connectivity index (χ3n) is 4.06. The Balaban J connectivity index is 1.65. The number of hydrogen-bond donors (Lipinski definition) is 2. The molecule has 4 aromatic rings. The van der Waals surface area contributed by atoms with Crippen molar-refractivity contribution in [2.45, 2.75) is 6.10 Å². The molecule has 0 aliphatic rings. The van der Waals surface area contributed by atoms with E-state index in [2.05, 4.69) is 10.3 Å². The Morgan fingerprint density at radius 1 is 1.08 bits per heavy atom. The van der Waals surface area contributed by atoms with Gasteiger partial charge in [0.1, 0.15) is 17.6 Å². The highest BCUT2D eigenvalue weighted by atomic mass is 16.4. The number of aliphatic hydroxyl groups excluding tert-OH is 1. The first-order valence-electron chi connectivity index (χ1n) is 8.16. The van der Waals surface area contributed by atoms with E-state index in [1.807, 2.05) is 24.3 Å². The normalized spacial score (nSPS) is 12.2. The fourth-order valence-corrected chi connectivity index (χ4v) is 2.78. The molecule has 0 saturated heterocycles. The maximum Gasteiger partial charge on any atom is 0.252 e. The zero-order chi connectivity index (χ0) is 17.9. The summed E-state index contributed by atoms with van der Waals surface area (Å²) in [5.74, 6) is 0.684. The van der Waals surface area contributed by atoms with Crippen molar-refractivity contribution in [2.24, 2.45) is 0 Å². The average Bonchev–Trinajstić information content (AvgIpc) is 3.38. The van der Waals surface area contributed by atoms with E-state index >= 15 is 0 Å². The van der Waals surface area contributed by atoms with E-state index < -0.39 is 6.10 Å². The number of aromatic nitrogens is 1. The van der Waals surface area contributed by atoms with Crippen molar-refractivity contribution in [3.05, 3.63) is 78.4 Å². The molecule has 1 atom stereocenters. The number of amides is 1. The second-order valence-corrected chi connectivity index (χ2v) is 5.79. The quantitative estimate of drug-likeness (QED) is 0.576. The van der Waals surface area contributed by atoms with Gasteiger partial charge in [-0.05, 0) is 36.4 Å². The largest absolute Gasteiger partial charge is 0.467 e. The van der Waals surface area contributed by atoms with Crippen molar-refractivity contribution in [3.63, 3.8) is 0 Å². The van der Waals surface area contributed by atoms with Gasteiger partial charge in [-0.3, -0.25) is 4.79 Å². The molecule has 1 amide bonds. The number of nitrogens with zero attached hydrogens (tertiary/aromatic N) is 1. The molecule has 1 aromatic carbocycles. The van der Waals surface area contributed by atoms with Crippen LogP contribution < -0.4 is 5.32 Å². The first-order chi connectivity index (χ1) is 12.7. The summed E-state index contributed by atoms with van der Waals surface area (Å²) in [6.45, 7) is 0.0408. The Morgan fingerprint density at radius 2 is 1.88 bits per heavy atom. The van der Waals surface area contributed by atoms with Gasteiger partial charge in [0, 0.05) is 5.39 Å². The summed E-state index contributed by atoms with van der Waals surface area (Å²) in [7, 11) is 0. The zero-order valence-corrected chi connectivity index (χ0v) is 13.8. The van der Waals surface area contributed by atoms with E-state index in [4.69, 9.17) is 8.83 Å². The van der Waals surface area contributed by atoms with Crippen molar-refractivity contribution >= 4 is 16.8 Å². The van der Waals surface area contributed by atoms with E-state index in [0.717, 1.165) is 5.39 Å². The topological polar surface area (TPSA) is 88.5 Å². The number of pyridine rings is 1. The molecule has 4 rings (SSSR count). The summed E-state index contributed by atoms with van der Waals surface area (Å²) in [4.78, 5) is 17.3. The van der Waals surface area contributed by atoms with Crippen molar-refractivity contribution in [2.75, 3.05) is 6.54 Å². The number of furan rings is 2. The number of aliphatic hydroxyl groups is 1. The Morgan fingerprint density at radius 3 is 2.65 bits per heavy atom. The van der Waals surface area contributed by atoms with Crippen molar-refractivity contribution in [3.8, 4) is 11.5 Å². The molecule has 0 fully saturated rings. The van der Waals surface area contributed by atoms with Crippen LogP contribution in [0.25, 0.3) is 22.4 Å². The van der Waals surface area contributed by atoms with Crippen molar-refractivity contribution < 1.29 is 18.7 Å². The Labute approximate surface area is 149 Å². The van der Waals surface area contributed by atoms with E-state index in [1.54, 1.807) is 36.6 Å². The molecule has 0 aliphatic heterocycles. The molecule has 6 heteroatoms. The number of nitrogens with one attached hydrogen (secondary N) is 1. The van der Waals surface area contributed by atoms with Gasteiger partial charge in [-0.15, -0.1) is 0 Å². The van der Waals surface area contributed by atoms with Gasteiger partial charge in [-0.1, -0.05) is 18.2 Å². The summed E-state index contributed by atoms with van der Waals surface area (Å²) >= 11 is 0. The molecule has 6 nitrogen and oxygen atoms in total. The summed E-state index contributed by atoms with van der Waals surface area (Å²) in [5.41, 5.74) is 1.73. The minimum absolute atomic E-state index is 0.0408. The van der Waals surface area contributed by atoms with Crippen LogP contribution >= 0.6 is 0 Å². The second-order valence-electron chi connectivity index (χ2n) is 5.79. The first-order valence-corrected chi connectivity index (χ1v) is 8.16. The molecule has 130 valence electrons. The molecule has 2 N–H and O–H groups in total. The minimum Gasteiger partial charge on any atom is -0.467 e. The third-order valence-corrected chi connectivity index (χ3v) is 4.06. The van der Waals surface area contributed by atoms with Gasteiger partial charge in [0.05, 0.1) is 30.2 Å². The summed E-state index contributed by atoms with van der Waals surface area (Å²) < 4.78 is 10.6. The second kappa shape index (κ2) is 6.85. The third kappa shape index (κ3) is 3.10. The number of fused-ring (bicyclic) bond motifs is 1. The number of rotatable bonds is 5. The van der Waals surface area contributed by atoms with Gasteiger partial charge >= 0.3 is 0 Å². The van der Waals surface area contributed by atoms with Crippen LogP contribution in [0, 0.1) is 0 Å². The number of carbonyl (C=O) groups excluding carboxylic acids is 1. The molecule has 3 heterocycles. The van der Waals surface area contributed by atoms with Gasteiger partial charge in [0.25, 0.3) is 5.91 Å². The summed E-state index contributed by atoms with van der Waals surface area (Å²) in [5, 5.41) is 13.6. The predicted molar refractivity (Wildman–Crippen MR) is 95.4 cm³/mol. The van der Waals surface area contributed by atoms with Gasteiger partial charge < -0.3 is 19.3 Å². The first kappa shape index (κ1) is 16.1. The highest BCUT2D eigenvalue weighted by Crippen LogP contribution is 2.25. The Bertz CT molecular complexity index is 1020. The van der Waals surface area contributed by atoms with Crippen LogP contribution in [-0.4, -0.2) is 22.5 Å². The van der Waals surface area contributed by atoms with Gasteiger partial charge in [0.2, 0.25) is 0 Å². The number of carbonyl (C=O) groups is 1. The molecule has 1 unspecified atom stereocenters. The highest BCUT2D eigenvalue weighted by molar-refractivity contribution is 6.07. The zero-order valence-electron chi connectivity index (χ0n) is 13.8. The van der Waals surface area contributed by atoms with Crippen LogP contribution in [0.5, 0.6) is 0 Å². The fraction of sp³-hybridized carbons (Fsp3) is 0.100. The van der Waals surface area contributed by atoms with Gasteiger partial charge in [-0.2, -0.15) is 0 Å². The molecule has 3 aromatic heterocycles. The standard InChI is InChI=1S/C20H16N2O4/c23-17(19-8-4-10-26-19)12-21-20(24)14-11-16(18-7-3-9-25-18)22-15-6-2-1-5-13(14)15/h1-11,17,23H,12H2,(H,21,24). The van der Waals surface area contributed by atoms with E-state index in [1.165, 1.54) is 6.26 Å². The Hall–Kier alpha value is -3.38. The minimum atomic E-state index is -0.911. The lowest BCUT2D eigenvalue weighted by Crippen LogP contribution is -2.28. The highest BCUT2D eigenvalue weighted by Gasteiger charge is 2.17. The lowest BCUT2D eigenvalue weighted by molar-refractivity contribution is 0.0902. The summed E-state index contributed by atoms with van der Waals surface area (Å²) in [6.07, 6.45) is 2.13. The molecule has 0 bridgehead atoms. The maximum absolute atomic E-state index is 12.7. The Kier molecular flexibility index (Phi) is 4.25. The molecular weight excluding hydrogens is 332 g/mol. The predicted octanol–water partition coefficient (Wildman–Crippen LogP) is 3.55. The molecule has 0 aliphatic carbocycles. The molecular formula is C20H16N2O4. The van der Waals surface area contributed by atoms with E-state index in [-0.39, 0.29) is 12.5 Å². The maximum atomic E-state index is 12.7. The number of para-hydroxylation sites is 1. The van der Waals surface area contributed by atoms with Crippen molar-refractivity contribution in [1.82, 2.24) is 10.3 Å². The van der Waals surface area contributed by atoms with Crippen LogP contribution in [0.3, 0.4) is 0 Å². The van der Waals surface area contributed by atoms with Crippen LogP contribution in [0.4, 0.5) is 0 Å². The number of hydrogen-bond acceptors (Lipinski definition) is 5. The van der Waals surface area contributed by atoms with E-state index in [0.29, 0.717) is 28.3 Å². The molecule has 26 heavy (non-hydrogen) atoms. The fourth-order valence-electron chi connectivity index (χ4n) is 2.78. The molecule has 0 spiro atoms. The van der Waals surface area contributed by atoms with Crippen molar-refractivity contribution in [1.29, 1.82) is 0 Å².